The Labute approximate surface area is 139 Å². The van der Waals surface area contributed by atoms with E-state index in [0.29, 0.717) is 23.5 Å². The Balaban J connectivity index is 0.000000284. The molecule has 4 heteroatoms. The first-order valence-corrected chi connectivity index (χ1v) is 8.25. The van der Waals surface area contributed by atoms with Crippen molar-refractivity contribution in [1.82, 2.24) is 0 Å². The minimum absolute atomic E-state index is 0.0942. The Morgan fingerprint density at radius 1 is 1.30 bits per heavy atom. The Kier molecular flexibility index (Phi) is 6.20. The van der Waals surface area contributed by atoms with E-state index in [4.69, 9.17) is 4.74 Å². The fourth-order valence-electron chi connectivity index (χ4n) is 3.75. The molecule has 2 aliphatic rings. The lowest BCUT2D eigenvalue weighted by Gasteiger charge is -2.38. The average molecular weight is 322 g/mol. The van der Waals surface area contributed by atoms with Crippen LogP contribution < -0.4 is 0 Å². The highest BCUT2D eigenvalue weighted by atomic mass is 16.5. The summed E-state index contributed by atoms with van der Waals surface area (Å²) in [4.78, 5) is 21.7. The molecule has 0 aromatic rings. The summed E-state index contributed by atoms with van der Waals surface area (Å²) in [5.74, 6) is 0.127. The van der Waals surface area contributed by atoms with Gasteiger partial charge in [0.25, 0.3) is 0 Å². The number of fused-ring (bicyclic) bond motifs is 2. The average Bonchev–Trinajstić information content (AvgIpc) is 2.81. The third kappa shape index (κ3) is 3.85. The molecule has 4 nitrogen and oxygen atoms in total. The summed E-state index contributed by atoms with van der Waals surface area (Å²) in [6, 6.07) is 0. The molecule has 0 aromatic heterocycles. The van der Waals surface area contributed by atoms with Crippen LogP contribution in [0.25, 0.3) is 0 Å². The molecule has 2 saturated carbocycles. The summed E-state index contributed by atoms with van der Waals surface area (Å²) >= 11 is 0. The van der Waals surface area contributed by atoms with Gasteiger partial charge in [0.05, 0.1) is 6.61 Å². The van der Waals surface area contributed by atoms with Crippen LogP contribution in [0.5, 0.6) is 0 Å². The zero-order chi connectivity index (χ0) is 17.8. The van der Waals surface area contributed by atoms with E-state index >= 15 is 0 Å². The van der Waals surface area contributed by atoms with Gasteiger partial charge in [-0.05, 0) is 44.4 Å². The van der Waals surface area contributed by atoms with Crippen LogP contribution in [-0.2, 0) is 19.1 Å². The van der Waals surface area contributed by atoms with E-state index in [2.05, 4.69) is 38.7 Å². The van der Waals surface area contributed by atoms with E-state index in [1.54, 1.807) is 13.8 Å². The highest BCUT2D eigenvalue weighted by molar-refractivity contribution is 5.86. The fourth-order valence-corrected chi connectivity index (χ4v) is 3.75. The lowest BCUT2D eigenvalue weighted by atomic mass is 9.70. The number of ether oxygens (including phenoxy) is 2. The van der Waals surface area contributed by atoms with Crippen molar-refractivity contribution < 1.29 is 19.1 Å². The van der Waals surface area contributed by atoms with Gasteiger partial charge in [0.2, 0.25) is 0 Å². The van der Waals surface area contributed by atoms with Gasteiger partial charge in [0.1, 0.15) is 6.10 Å². The van der Waals surface area contributed by atoms with Crippen LogP contribution in [0.2, 0.25) is 0 Å². The molecular formula is C19H30O4. The normalized spacial score (nSPS) is 30.0. The van der Waals surface area contributed by atoms with E-state index in [-0.39, 0.29) is 23.5 Å². The molecule has 1 unspecified atom stereocenters. The number of carbonyl (C=O) groups excluding carboxylic acids is 2. The van der Waals surface area contributed by atoms with Crippen molar-refractivity contribution in [1.29, 1.82) is 0 Å². The molecule has 0 saturated heterocycles. The third-order valence-electron chi connectivity index (χ3n) is 5.76. The molecule has 2 rings (SSSR count). The number of hydrogen-bond donors (Lipinski definition) is 0. The molecule has 0 amide bonds. The number of rotatable bonds is 4. The first kappa shape index (κ1) is 19.5. The maximum atomic E-state index is 11.3. The van der Waals surface area contributed by atoms with E-state index in [1.807, 2.05) is 0 Å². The Hall–Kier alpha value is -1.58. The highest BCUT2D eigenvalue weighted by Crippen LogP contribution is 2.66. The van der Waals surface area contributed by atoms with Gasteiger partial charge in [-0.2, -0.15) is 0 Å². The monoisotopic (exact) mass is 322 g/mol. The van der Waals surface area contributed by atoms with Gasteiger partial charge in [-0.25, -0.2) is 9.59 Å². The van der Waals surface area contributed by atoms with Crippen molar-refractivity contribution in [2.24, 2.45) is 16.7 Å². The van der Waals surface area contributed by atoms with Crippen LogP contribution in [0.4, 0.5) is 0 Å². The zero-order valence-electron chi connectivity index (χ0n) is 15.1. The second-order valence-corrected chi connectivity index (χ2v) is 7.24. The van der Waals surface area contributed by atoms with E-state index in [1.165, 1.54) is 18.9 Å². The van der Waals surface area contributed by atoms with Crippen molar-refractivity contribution in [2.45, 2.75) is 60.0 Å². The molecule has 2 bridgehead atoms. The molecule has 0 aliphatic heterocycles. The van der Waals surface area contributed by atoms with Gasteiger partial charge >= 0.3 is 11.9 Å². The standard InChI is InChI=1S/C13H20O2.C6H10O2/c1-5-11(14)15-10-8-9-6-7-13(10,4)12(9,2)3;1-4-8-6(7)5(2)3/h5,9-10H,1,6-8H2,2-4H3;2,4H2,1,3H3/t9-,10?,13-;/m1./s1. The predicted molar refractivity (Wildman–Crippen MR) is 90.8 cm³/mol. The predicted octanol–water partition coefficient (Wildman–Crippen LogP) is 4.06. The summed E-state index contributed by atoms with van der Waals surface area (Å²) in [6.45, 7) is 17.5. The maximum absolute atomic E-state index is 11.3. The van der Waals surface area contributed by atoms with Crippen LogP contribution >= 0.6 is 0 Å². The van der Waals surface area contributed by atoms with Crippen molar-refractivity contribution in [3.05, 3.63) is 24.8 Å². The highest BCUT2D eigenvalue weighted by Gasteiger charge is 2.62. The van der Waals surface area contributed by atoms with Crippen LogP contribution in [0.1, 0.15) is 53.9 Å². The molecule has 130 valence electrons. The first-order chi connectivity index (χ1) is 10.6. The van der Waals surface area contributed by atoms with Crippen molar-refractivity contribution in [2.75, 3.05) is 6.61 Å². The zero-order valence-corrected chi connectivity index (χ0v) is 15.1. The first-order valence-electron chi connectivity index (χ1n) is 8.25. The van der Waals surface area contributed by atoms with Crippen LogP contribution in [0, 0.1) is 16.7 Å². The summed E-state index contributed by atoms with van der Waals surface area (Å²) in [5, 5.41) is 0. The van der Waals surface area contributed by atoms with E-state index < -0.39 is 0 Å². The molecule has 2 fully saturated rings. The van der Waals surface area contributed by atoms with Gasteiger partial charge in [-0.15, -0.1) is 0 Å². The van der Waals surface area contributed by atoms with Crippen molar-refractivity contribution in [3.8, 4) is 0 Å². The second kappa shape index (κ2) is 7.33. The molecule has 0 aromatic carbocycles. The molecular weight excluding hydrogens is 292 g/mol. The number of carbonyl (C=O) groups is 2. The summed E-state index contributed by atoms with van der Waals surface area (Å²) in [6.07, 6.45) is 4.85. The molecule has 23 heavy (non-hydrogen) atoms. The largest absolute Gasteiger partial charge is 0.463 e. The minimum Gasteiger partial charge on any atom is -0.463 e. The van der Waals surface area contributed by atoms with Gasteiger partial charge in [-0.1, -0.05) is 33.9 Å². The van der Waals surface area contributed by atoms with E-state index in [0.717, 1.165) is 6.42 Å². The van der Waals surface area contributed by atoms with Gasteiger partial charge in [0.15, 0.2) is 0 Å². The van der Waals surface area contributed by atoms with Gasteiger partial charge in [0, 0.05) is 17.1 Å². The number of esters is 2. The van der Waals surface area contributed by atoms with Gasteiger partial charge in [-0.3, -0.25) is 0 Å². The lowest BCUT2D eigenvalue weighted by molar-refractivity contribution is -0.150. The van der Waals surface area contributed by atoms with Crippen molar-refractivity contribution >= 4 is 11.9 Å². The van der Waals surface area contributed by atoms with Crippen LogP contribution in [0.3, 0.4) is 0 Å². The molecule has 0 N–H and O–H groups in total. The summed E-state index contributed by atoms with van der Waals surface area (Å²) in [5.41, 5.74) is 0.918. The number of hydrogen-bond acceptors (Lipinski definition) is 4. The van der Waals surface area contributed by atoms with E-state index in [9.17, 15) is 9.59 Å². The second-order valence-electron chi connectivity index (χ2n) is 7.24. The summed E-state index contributed by atoms with van der Waals surface area (Å²) in [7, 11) is 0. The minimum atomic E-state index is -0.312. The maximum Gasteiger partial charge on any atom is 0.333 e. The Morgan fingerprint density at radius 3 is 2.22 bits per heavy atom. The molecule has 2 aliphatic carbocycles. The lowest BCUT2D eigenvalue weighted by Crippen LogP contribution is -2.38. The Morgan fingerprint density at radius 2 is 1.91 bits per heavy atom. The topological polar surface area (TPSA) is 52.6 Å². The fraction of sp³-hybridized carbons (Fsp3) is 0.684. The Bertz CT molecular complexity index is 492. The van der Waals surface area contributed by atoms with Crippen molar-refractivity contribution in [3.63, 3.8) is 0 Å². The summed E-state index contributed by atoms with van der Waals surface area (Å²) < 4.78 is 10.0. The molecule has 3 atom stereocenters. The van der Waals surface area contributed by atoms with Crippen LogP contribution in [0.15, 0.2) is 24.8 Å². The SMILES string of the molecule is C=C(C)C(=O)OCC.C=CC(=O)OC1C[C@H]2CC[C@@]1(C)C2(C)C. The van der Waals surface area contributed by atoms with Crippen LogP contribution in [-0.4, -0.2) is 24.6 Å². The smallest absolute Gasteiger partial charge is 0.333 e. The van der Waals surface area contributed by atoms with Gasteiger partial charge < -0.3 is 9.47 Å². The third-order valence-corrected chi connectivity index (χ3v) is 5.76. The molecule has 0 heterocycles. The molecule has 0 radical (unpaired) electrons. The quantitative estimate of drug-likeness (QED) is 0.578. The molecule has 0 spiro atoms.